The summed E-state index contributed by atoms with van der Waals surface area (Å²) in [4.78, 5) is 25.8. The van der Waals surface area contributed by atoms with Crippen LogP contribution < -0.4 is 0 Å². The van der Waals surface area contributed by atoms with Crippen LogP contribution >= 0.6 is 0 Å². The molecule has 9 aromatic rings. The van der Waals surface area contributed by atoms with Gasteiger partial charge in [-0.3, -0.25) is 0 Å². The van der Waals surface area contributed by atoms with Crippen LogP contribution in [0.2, 0.25) is 0 Å². The van der Waals surface area contributed by atoms with E-state index < -0.39 is 0 Å². The maximum absolute atomic E-state index is 5.96. The molecule has 0 saturated carbocycles. The molecule has 0 bridgehead atoms. The molecule has 0 amide bonds. The van der Waals surface area contributed by atoms with Gasteiger partial charge in [0.15, 0.2) is 0 Å². The van der Waals surface area contributed by atoms with E-state index in [2.05, 4.69) is 43.4 Å². The monoisotopic (exact) mass is 792 g/mol. The van der Waals surface area contributed by atoms with Gasteiger partial charge >= 0.3 is 0 Å². The van der Waals surface area contributed by atoms with E-state index in [1.165, 1.54) is 0 Å². The summed E-state index contributed by atoms with van der Waals surface area (Å²) in [6, 6.07) is 42.6. The SMILES string of the molecule is COCCOCCOCCOCc1nc2ccccc2n1Cc1nc2ccccc2[nH]1.c1ccc(COCc2nc3ccccc3n2Cc2nc3ccccc3[nH]2)cc1. The van der Waals surface area contributed by atoms with Crippen LogP contribution in [0.3, 0.4) is 0 Å². The van der Waals surface area contributed by atoms with Crippen molar-refractivity contribution in [2.45, 2.75) is 32.9 Å². The number of benzene rings is 5. The zero-order valence-electron chi connectivity index (χ0n) is 33.1. The molecular weight excluding hydrogens is 745 g/mol. The van der Waals surface area contributed by atoms with Crippen molar-refractivity contribution in [3.63, 3.8) is 0 Å². The van der Waals surface area contributed by atoms with Crippen LogP contribution in [0.1, 0.15) is 28.9 Å². The largest absolute Gasteiger partial charge is 0.382 e. The van der Waals surface area contributed by atoms with E-state index >= 15 is 0 Å². The summed E-state index contributed by atoms with van der Waals surface area (Å²) in [5.74, 6) is 3.57. The second-order valence-electron chi connectivity index (χ2n) is 13.9. The van der Waals surface area contributed by atoms with Crippen molar-refractivity contribution >= 4 is 44.1 Å². The summed E-state index contributed by atoms with van der Waals surface area (Å²) in [6.07, 6.45) is 0. The van der Waals surface area contributed by atoms with Crippen molar-refractivity contribution in [2.24, 2.45) is 0 Å². The van der Waals surface area contributed by atoms with Gasteiger partial charge < -0.3 is 42.8 Å². The molecule has 4 aromatic heterocycles. The van der Waals surface area contributed by atoms with Crippen LogP contribution in [0.4, 0.5) is 0 Å². The third-order valence-electron chi connectivity index (χ3n) is 9.71. The first-order valence-corrected chi connectivity index (χ1v) is 19.8. The fraction of sp³-hybridized carbons (Fsp3) is 0.261. The third-order valence-corrected chi connectivity index (χ3v) is 9.71. The lowest BCUT2D eigenvalue weighted by atomic mass is 10.2. The zero-order chi connectivity index (χ0) is 40.1. The number of aromatic amines is 2. The first-order chi connectivity index (χ1) is 29.2. The quantitative estimate of drug-likeness (QED) is 0.0785. The minimum Gasteiger partial charge on any atom is -0.382 e. The molecule has 4 heterocycles. The van der Waals surface area contributed by atoms with Gasteiger partial charge in [0.2, 0.25) is 0 Å². The van der Waals surface area contributed by atoms with Crippen molar-refractivity contribution in [3.05, 3.63) is 156 Å². The van der Waals surface area contributed by atoms with Gasteiger partial charge in [-0.25, -0.2) is 19.9 Å². The second-order valence-corrected chi connectivity index (χ2v) is 13.9. The number of imidazole rings is 4. The lowest BCUT2D eigenvalue weighted by Crippen LogP contribution is -2.12. The van der Waals surface area contributed by atoms with E-state index in [1.807, 2.05) is 103 Å². The summed E-state index contributed by atoms with van der Waals surface area (Å²) < 4.78 is 31.9. The number of rotatable bonds is 19. The van der Waals surface area contributed by atoms with Crippen molar-refractivity contribution < 1.29 is 23.7 Å². The molecule has 0 aliphatic rings. The van der Waals surface area contributed by atoms with Crippen LogP contribution in [0.15, 0.2) is 127 Å². The van der Waals surface area contributed by atoms with Gasteiger partial charge in [0.1, 0.15) is 36.5 Å². The minimum absolute atomic E-state index is 0.405. The summed E-state index contributed by atoms with van der Waals surface area (Å²) >= 11 is 0. The molecule has 13 heteroatoms. The summed E-state index contributed by atoms with van der Waals surface area (Å²) in [5.41, 5.74) is 9.23. The Morgan fingerprint density at radius 2 is 0.864 bits per heavy atom. The van der Waals surface area contributed by atoms with Crippen LogP contribution in [0.25, 0.3) is 44.1 Å². The highest BCUT2D eigenvalue weighted by Gasteiger charge is 2.15. The first kappa shape index (κ1) is 39.6. The average molecular weight is 793 g/mol. The molecule has 302 valence electrons. The standard InChI is InChI=1S/C23H28N4O4.C23H20N4O/c1-28-10-11-29-12-13-30-14-15-31-17-23-26-20-8-4-5-9-21(20)27(23)16-22-24-18-6-2-3-7-19(18)25-22;1-2-8-17(9-3-1)15-28-16-23-26-20-12-6-7-13-21(20)27(23)14-22-24-18-10-4-5-11-19(18)25-22/h2-9H,10-17H2,1H3,(H,24,25);1-13H,14-16H2,(H,24,25). The lowest BCUT2D eigenvalue weighted by Gasteiger charge is -2.09. The van der Waals surface area contributed by atoms with E-state index in [4.69, 9.17) is 43.6 Å². The Labute approximate surface area is 341 Å². The molecule has 0 radical (unpaired) electrons. The highest BCUT2D eigenvalue weighted by Crippen LogP contribution is 2.21. The minimum atomic E-state index is 0.405. The van der Waals surface area contributed by atoms with Crippen molar-refractivity contribution in [1.29, 1.82) is 0 Å². The van der Waals surface area contributed by atoms with E-state index in [1.54, 1.807) is 7.11 Å². The van der Waals surface area contributed by atoms with Gasteiger partial charge in [-0.15, -0.1) is 0 Å². The van der Waals surface area contributed by atoms with Crippen molar-refractivity contribution in [1.82, 2.24) is 39.0 Å². The topological polar surface area (TPSA) is 139 Å². The van der Waals surface area contributed by atoms with Gasteiger partial charge in [-0.2, -0.15) is 0 Å². The maximum Gasteiger partial charge on any atom is 0.136 e. The van der Waals surface area contributed by atoms with Gasteiger partial charge in [0.25, 0.3) is 0 Å². The van der Waals surface area contributed by atoms with Crippen LogP contribution in [-0.4, -0.2) is 85.8 Å². The number of nitrogens with one attached hydrogen (secondary N) is 2. The normalized spacial score (nSPS) is 11.5. The Kier molecular flexibility index (Phi) is 13.4. The number of methoxy groups -OCH3 is 1. The molecule has 0 fully saturated rings. The molecule has 0 unspecified atom stereocenters. The number of hydrogen-bond donors (Lipinski definition) is 2. The maximum atomic E-state index is 5.96. The molecule has 5 aromatic carbocycles. The molecular formula is C46H48N8O5. The summed E-state index contributed by atoms with van der Waals surface area (Å²) in [5, 5.41) is 0. The lowest BCUT2D eigenvalue weighted by molar-refractivity contribution is -0.000242. The molecule has 0 spiro atoms. The number of aromatic nitrogens is 8. The number of hydrogen-bond acceptors (Lipinski definition) is 9. The highest BCUT2D eigenvalue weighted by atomic mass is 16.6. The van der Waals surface area contributed by atoms with Crippen LogP contribution in [0, 0.1) is 0 Å². The van der Waals surface area contributed by atoms with Gasteiger partial charge in [-0.1, -0.05) is 78.9 Å². The van der Waals surface area contributed by atoms with Gasteiger partial charge in [0, 0.05) is 7.11 Å². The van der Waals surface area contributed by atoms with E-state index in [9.17, 15) is 0 Å². The second kappa shape index (κ2) is 20.0. The van der Waals surface area contributed by atoms with Gasteiger partial charge in [-0.05, 0) is 54.1 Å². The highest BCUT2D eigenvalue weighted by molar-refractivity contribution is 5.78. The Bertz CT molecular complexity index is 2620. The predicted molar refractivity (Wildman–Crippen MR) is 228 cm³/mol. The molecule has 0 saturated heterocycles. The molecule has 59 heavy (non-hydrogen) atoms. The smallest absolute Gasteiger partial charge is 0.136 e. The van der Waals surface area contributed by atoms with E-state index in [-0.39, 0.29) is 0 Å². The third kappa shape index (κ3) is 10.3. The Morgan fingerprint density at radius 3 is 1.39 bits per heavy atom. The van der Waals surface area contributed by atoms with Crippen molar-refractivity contribution in [2.75, 3.05) is 46.8 Å². The number of para-hydroxylation sites is 8. The number of nitrogens with zero attached hydrogens (tertiary/aromatic N) is 6. The summed E-state index contributed by atoms with van der Waals surface area (Å²) in [7, 11) is 1.65. The fourth-order valence-electron chi connectivity index (χ4n) is 6.86. The van der Waals surface area contributed by atoms with E-state index in [0.717, 1.165) is 73.0 Å². The molecule has 0 atom stereocenters. The molecule has 9 rings (SSSR count). The zero-order valence-corrected chi connectivity index (χ0v) is 33.1. The Morgan fingerprint density at radius 1 is 0.424 bits per heavy atom. The van der Waals surface area contributed by atoms with Crippen LogP contribution in [0.5, 0.6) is 0 Å². The average Bonchev–Trinajstić information content (AvgIpc) is 4.05. The van der Waals surface area contributed by atoms with Crippen LogP contribution in [-0.2, 0) is 56.6 Å². The molecule has 0 aliphatic heterocycles. The fourth-order valence-corrected chi connectivity index (χ4v) is 6.86. The number of ether oxygens (including phenoxy) is 5. The number of H-pyrrole nitrogens is 2. The Hall–Kier alpha value is -6.22. The van der Waals surface area contributed by atoms with Gasteiger partial charge in [0.05, 0.1) is 103 Å². The summed E-state index contributed by atoms with van der Waals surface area (Å²) in [6.45, 7) is 5.91. The molecule has 2 N–H and O–H groups in total. The van der Waals surface area contributed by atoms with Crippen molar-refractivity contribution in [3.8, 4) is 0 Å². The van der Waals surface area contributed by atoms with E-state index in [0.29, 0.717) is 72.6 Å². The number of fused-ring (bicyclic) bond motifs is 4. The molecule has 0 aliphatic carbocycles. The molecule has 13 nitrogen and oxygen atoms in total. The Balaban J connectivity index is 0.000000165. The predicted octanol–water partition coefficient (Wildman–Crippen LogP) is 7.83. The first-order valence-electron chi connectivity index (χ1n) is 19.8.